The van der Waals surface area contributed by atoms with Crippen LogP contribution in [0.25, 0.3) is 0 Å². The predicted octanol–water partition coefficient (Wildman–Crippen LogP) is 2.22. The molecule has 4 rings (SSSR count). The summed E-state index contributed by atoms with van der Waals surface area (Å²) in [7, 11) is 0. The molecule has 2 amide bonds. The lowest BCUT2D eigenvalue weighted by Crippen LogP contribution is -2.39. The van der Waals surface area contributed by atoms with Gasteiger partial charge in [-0.2, -0.15) is 0 Å². The first-order chi connectivity index (χ1) is 12.6. The van der Waals surface area contributed by atoms with Crippen LogP contribution in [0.5, 0.6) is 5.75 Å². The summed E-state index contributed by atoms with van der Waals surface area (Å²) in [5, 5.41) is 6.24. The molecule has 2 aliphatic heterocycles. The number of carbonyl (C=O) groups excluding carboxylic acids is 2. The van der Waals surface area contributed by atoms with E-state index in [4.69, 9.17) is 16.3 Å². The van der Waals surface area contributed by atoms with E-state index in [0.717, 1.165) is 5.56 Å². The fraction of sp³-hybridized carbons (Fsp3) is 0.222. The molecule has 26 heavy (non-hydrogen) atoms. The first-order valence-electron chi connectivity index (χ1n) is 8.22. The molecule has 1 fully saturated rings. The van der Waals surface area contributed by atoms with Crippen LogP contribution in [0.3, 0.4) is 0 Å². The van der Waals surface area contributed by atoms with Gasteiger partial charge in [-0.05, 0) is 42.3 Å². The lowest BCUT2D eigenvalue weighted by molar-refractivity contribution is -0.119. The Morgan fingerprint density at radius 2 is 2.08 bits per heavy atom. The van der Waals surface area contributed by atoms with Gasteiger partial charge in [-0.15, -0.1) is 0 Å². The van der Waals surface area contributed by atoms with Crippen LogP contribution in [-0.4, -0.2) is 24.5 Å². The summed E-state index contributed by atoms with van der Waals surface area (Å²) in [6, 6.07) is 12.3. The van der Waals surface area contributed by atoms with Crippen molar-refractivity contribution in [2.75, 3.05) is 17.2 Å². The number of hydrogen-bond donors (Lipinski definition) is 4. The minimum atomic E-state index is -0.388. The smallest absolute Gasteiger partial charge is 0.262 e. The number of anilines is 2. The molecule has 2 aliphatic rings. The van der Waals surface area contributed by atoms with Crippen LogP contribution in [0.15, 0.2) is 42.5 Å². The molecular formula is C18H17ClN4O3. The molecule has 2 atom stereocenters. The molecule has 7 nitrogen and oxygen atoms in total. The molecule has 2 heterocycles. The van der Waals surface area contributed by atoms with E-state index in [1.807, 2.05) is 24.3 Å². The molecular weight excluding hydrogens is 356 g/mol. The highest BCUT2D eigenvalue weighted by Crippen LogP contribution is 2.31. The number of amides is 2. The fourth-order valence-corrected chi connectivity index (χ4v) is 3.26. The Morgan fingerprint density at radius 1 is 1.19 bits per heavy atom. The Bertz CT molecular complexity index is 873. The number of benzene rings is 2. The molecule has 0 radical (unpaired) electrons. The Morgan fingerprint density at radius 3 is 2.92 bits per heavy atom. The highest BCUT2D eigenvalue weighted by Gasteiger charge is 2.30. The SMILES string of the molecule is O=C1COc2ccc(NC(=O)C3CC(c4cccc(Cl)c4)NN3)cc2N1. The second-order valence-electron chi connectivity index (χ2n) is 6.22. The van der Waals surface area contributed by atoms with Gasteiger partial charge in [-0.3, -0.25) is 9.59 Å². The third-order valence-corrected chi connectivity index (χ3v) is 4.59. The van der Waals surface area contributed by atoms with Crippen LogP contribution in [0.2, 0.25) is 5.02 Å². The van der Waals surface area contributed by atoms with Crippen LogP contribution < -0.4 is 26.2 Å². The molecule has 0 aliphatic carbocycles. The lowest BCUT2D eigenvalue weighted by atomic mass is 10.0. The maximum atomic E-state index is 12.5. The van der Waals surface area contributed by atoms with Crippen LogP contribution in [-0.2, 0) is 9.59 Å². The van der Waals surface area contributed by atoms with Crippen molar-refractivity contribution in [1.82, 2.24) is 10.9 Å². The zero-order valence-corrected chi connectivity index (χ0v) is 14.5. The number of fused-ring (bicyclic) bond motifs is 1. The van der Waals surface area contributed by atoms with Crippen molar-refractivity contribution < 1.29 is 14.3 Å². The average molecular weight is 373 g/mol. The van der Waals surface area contributed by atoms with Gasteiger partial charge in [-0.1, -0.05) is 23.7 Å². The monoisotopic (exact) mass is 372 g/mol. The third-order valence-electron chi connectivity index (χ3n) is 4.35. The number of halogens is 1. The van der Waals surface area contributed by atoms with Gasteiger partial charge in [0, 0.05) is 16.8 Å². The first-order valence-corrected chi connectivity index (χ1v) is 8.60. The molecule has 4 N–H and O–H groups in total. The zero-order chi connectivity index (χ0) is 18.1. The largest absolute Gasteiger partial charge is 0.482 e. The van der Waals surface area contributed by atoms with E-state index in [0.29, 0.717) is 28.6 Å². The fourth-order valence-electron chi connectivity index (χ4n) is 3.06. The van der Waals surface area contributed by atoms with Crippen molar-refractivity contribution in [3.05, 3.63) is 53.1 Å². The minimum absolute atomic E-state index is 0.000621. The summed E-state index contributed by atoms with van der Waals surface area (Å²) in [6.45, 7) is 0.00125. The van der Waals surface area contributed by atoms with Gasteiger partial charge in [0.2, 0.25) is 5.91 Å². The normalized spacial score (nSPS) is 21.5. The maximum absolute atomic E-state index is 12.5. The summed E-state index contributed by atoms with van der Waals surface area (Å²) < 4.78 is 5.31. The number of ether oxygens (including phenoxy) is 1. The predicted molar refractivity (Wildman–Crippen MR) is 98.1 cm³/mol. The average Bonchev–Trinajstić information content (AvgIpc) is 3.12. The van der Waals surface area contributed by atoms with Crippen molar-refractivity contribution >= 4 is 34.8 Å². The number of hydrazine groups is 1. The van der Waals surface area contributed by atoms with E-state index in [9.17, 15) is 9.59 Å². The number of hydrogen-bond acceptors (Lipinski definition) is 5. The molecule has 0 bridgehead atoms. The summed E-state index contributed by atoms with van der Waals surface area (Å²) >= 11 is 6.03. The van der Waals surface area contributed by atoms with E-state index in [1.165, 1.54) is 0 Å². The highest BCUT2D eigenvalue weighted by molar-refractivity contribution is 6.30. The standard InChI is InChI=1S/C18H17ClN4O3/c19-11-3-1-2-10(6-11)13-8-15(23-22-13)18(25)20-12-4-5-16-14(7-12)21-17(24)9-26-16/h1-7,13,15,22-23H,8-9H2,(H,20,25)(H,21,24). The van der Waals surface area contributed by atoms with Crippen molar-refractivity contribution in [2.45, 2.75) is 18.5 Å². The summed E-state index contributed by atoms with van der Waals surface area (Å²) in [4.78, 5) is 23.9. The van der Waals surface area contributed by atoms with E-state index in [-0.39, 0.29) is 30.5 Å². The molecule has 8 heteroatoms. The molecule has 0 saturated carbocycles. The van der Waals surface area contributed by atoms with Crippen molar-refractivity contribution in [1.29, 1.82) is 0 Å². The van der Waals surface area contributed by atoms with Crippen molar-refractivity contribution in [3.8, 4) is 5.75 Å². The topological polar surface area (TPSA) is 91.5 Å². The Hall–Kier alpha value is -2.61. The minimum Gasteiger partial charge on any atom is -0.482 e. The van der Waals surface area contributed by atoms with Crippen LogP contribution in [0.4, 0.5) is 11.4 Å². The zero-order valence-electron chi connectivity index (χ0n) is 13.7. The summed E-state index contributed by atoms with van der Waals surface area (Å²) in [5.41, 5.74) is 8.30. The van der Waals surface area contributed by atoms with Crippen molar-refractivity contribution in [3.63, 3.8) is 0 Å². The third kappa shape index (κ3) is 3.50. The van der Waals surface area contributed by atoms with E-state index >= 15 is 0 Å². The molecule has 2 aromatic rings. The van der Waals surface area contributed by atoms with Gasteiger partial charge in [0.1, 0.15) is 11.8 Å². The molecule has 2 aromatic carbocycles. The van der Waals surface area contributed by atoms with E-state index in [1.54, 1.807) is 18.2 Å². The van der Waals surface area contributed by atoms with Gasteiger partial charge in [0.15, 0.2) is 6.61 Å². The molecule has 2 unspecified atom stereocenters. The van der Waals surface area contributed by atoms with Gasteiger partial charge in [-0.25, -0.2) is 10.9 Å². The molecule has 0 aromatic heterocycles. The summed E-state index contributed by atoms with van der Waals surface area (Å²) in [5.74, 6) is 0.210. The number of nitrogens with one attached hydrogen (secondary N) is 4. The highest BCUT2D eigenvalue weighted by atomic mass is 35.5. The second kappa shape index (κ2) is 6.95. The molecule has 0 spiro atoms. The van der Waals surface area contributed by atoms with Crippen LogP contribution >= 0.6 is 11.6 Å². The summed E-state index contributed by atoms with van der Waals surface area (Å²) in [6.07, 6.45) is 0.594. The van der Waals surface area contributed by atoms with Crippen molar-refractivity contribution in [2.24, 2.45) is 0 Å². The van der Waals surface area contributed by atoms with Crippen LogP contribution in [0, 0.1) is 0 Å². The Labute approximate surface area is 155 Å². The quantitative estimate of drug-likeness (QED) is 0.663. The Balaban J connectivity index is 1.41. The van der Waals surface area contributed by atoms with Gasteiger partial charge in [0.25, 0.3) is 5.91 Å². The second-order valence-corrected chi connectivity index (χ2v) is 6.66. The van der Waals surface area contributed by atoms with Gasteiger partial charge >= 0.3 is 0 Å². The van der Waals surface area contributed by atoms with E-state index in [2.05, 4.69) is 21.5 Å². The molecule has 134 valence electrons. The van der Waals surface area contributed by atoms with Crippen LogP contribution in [0.1, 0.15) is 18.0 Å². The first kappa shape index (κ1) is 16.8. The number of carbonyl (C=O) groups is 2. The molecule has 1 saturated heterocycles. The lowest BCUT2D eigenvalue weighted by Gasteiger charge is -2.19. The van der Waals surface area contributed by atoms with Gasteiger partial charge in [0.05, 0.1) is 5.69 Å². The van der Waals surface area contributed by atoms with Gasteiger partial charge < -0.3 is 15.4 Å². The maximum Gasteiger partial charge on any atom is 0.262 e. The van der Waals surface area contributed by atoms with E-state index < -0.39 is 0 Å². The Kier molecular flexibility index (Phi) is 4.50. The number of rotatable bonds is 3.